The molecule has 1 rings (SSSR count). The van der Waals surface area contributed by atoms with Crippen LogP contribution < -0.4 is 5.32 Å². The molecule has 110 valence electrons. The van der Waals surface area contributed by atoms with E-state index in [-0.39, 0.29) is 18.5 Å². The quantitative estimate of drug-likeness (QED) is 0.583. The van der Waals surface area contributed by atoms with E-state index in [1.165, 1.54) is 0 Å². The standard InChI is InChI=1S/C14H21N3O3/c1-10-4-3-5-11(2)17(10)9-12(8-15)14(20)16-7-6-13(18)19/h9-11H,3-7H2,1-2H3,(H,16,20)(H,18,19)/b12-9-. The normalized spacial score (nSPS) is 23.1. The minimum atomic E-state index is -0.980. The fourth-order valence-corrected chi connectivity index (χ4v) is 2.36. The average Bonchev–Trinajstić information content (AvgIpc) is 2.38. The molecule has 0 saturated carbocycles. The van der Waals surface area contributed by atoms with Crippen molar-refractivity contribution in [3.05, 3.63) is 11.8 Å². The van der Waals surface area contributed by atoms with E-state index in [0.29, 0.717) is 12.1 Å². The van der Waals surface area contributed by atoms with E-state index in [4.69, 9.17) is 10.4 Å². The molecule has 0 aromatic heterocycles. The van der Waals surface area contributed by atoms with Crippen molar-refractivity contribution in [1.29, 1.82) is 5.26 Å². The number of carboxylic acids is 1. The second kappa shape index (κ2) is 7.53. The van der Waals surface area contributed by atoms with E-state index in [0.717, 1.165) is 19.3 Å². The molecule has 20 heavy (non-hydrogen) atoms. The first-order valence-corrected chi connectivity index (χ1v) is 6.85. The Morgan fingerprint density at radius 2 is 2.00 bits per heavy atom. The zero-order valence-electron chi connectivity index (χ0n) is 11.9. The molecular weight excluding hydrogens is 258 g/mol. The highest BCUT2D eigenvalue weighted by atomic mass is 16.4. The van der Waals surface area contributed by atoms with Crippen molar-refractivity contribution in [3.63, 3.8) is 0 Å². The van der Waals surface area contributed by atoms with Crippen molar-refractivity contribution in [3.8, 4) is 6.07 Å². The van der Waals surface area contributed by atoms with Gasteiger partial charge in [0, 0.05) is 24.8 Å². The number of carbonyl (C=O) groups is 2. The van der Waals surface area contributed by atoms with E-state index < -0.39 is 11.9 Å². The molecule has 1 amide bonds. The van der Waals surface area contributed by atoms with E-state index in [1.807, 2.05) is 11.0 Å². The van der Waals surface area contributed by atoms with Gasteiger partial charge >= 0.3 is 5.97 Å². The van der Waals surface area contributed by atoms with Crippen LogP contribution in [0.15, 0.2) is 11.8 Å². The van der Waals surface area contributed by atoms with Crippen LogP contribution in [0.4, 0.5) is 0 Å². The summed E-state index contributed by atoms with van der Waals surface area (Å²) < 4.78 is 0. The van der Waals surface area contributed by atoms with Crippen LogP contribution in [0.5, 0.6) is 0 Å². The third-order valence-corrected chi connectivity index (χ3v) is 3.53. The lowest BCUT2D eigenvalue weighted by molar-refractivity contribution is -0.136. The molecule has 6 heteroatoms. The van der Waals surface area contributed by atoms with Crippen LogP contribution in [-0.2, 0) is 9.59 Å². The number of piperidine rings is 1. The van der Waals surface area contributed by atoms with Gasteiger partial charge in [0.25, 0.3) is 5.91 Å². The predicted octanol–water partition coefficient (Wildman–Crippen LogP) is 1.25. The highest BCUT2D eigenvalue weighted by Crippen LogP contribution is 2.23. The number of nitriles is 1. The smallest absolute Gasteiger partial charge is 0.305 e. The molecular formula is C14H21N3O3. The predicted molar refractivity (Wildman–Crippen MR) is 73.6 cm³/mol. The Morgan fingerprint density at radius 1 is 1.40 bits per heavy atom. The Kier molecular flexibility index (Phi) is 6.04. The first-order chi connectivity index (χ1) is 9.45. The largest absolute Gasteiger partial charge is 0.481 e. The highest BCUT2D eigenvalue weighted by Gasteiger charge is 2.23. The van der Waals surface area contributed by atoms with Gasteiger partial charge in [-0.1, -0.05) is 0 Å². The van der Waals surface area contributed by atoms with Gasteiger partial charge in [0.2, 0.25) is 0 Å². The summed E-state index contributed by atoms with van der Waals surface area (Å²) in [4.78, 5) is 24.2. The van der Waals surface area contributed by atoms with Gasteiger partial charge in [0.05, 0.1) is 6.42 Å². The average molecular weight is 279 g/mol. The van der Waals surface area contributed by atoms with Gasteiger partial charge in [0.1, 0.15) is 11.6 Å². The second-order valence-electron chi connectivity index (χ2n) is 5.13. The number of aliphatic carboxylic acids is 1. The minimum Gasteiger partial charge on any atom is -0.481 e. The summed E-state index contributed by atoms with van der Waals surface area (Å²) in [7, 11) is 0. The Balaban J connectivity index is 2.68. The summed E-state index contributed by atoms with van der Waals surface area (Å²) in [5.74, 6) is -1.50. The molecule has 6 nitrogen and oxygen atoms in total. The van der Waals surface area contributed by atoms with Gasteiger partial charge in [-0.2, -0.15) is 5.26 Å². The zero-order valence-corrected chi connectivity index (χ0v) is 11.9. The molecule has 0 spiro atoms. The van der Waals surface area contributed by atoms with E-state index in [1.54, 1.807) is 6.20 Å². The van der Waals surface area contributed by atoms with Gasteiger partial charge < -0.3 is 15.3 Å². The van der Waals surface area contributed by atoms with Crippen LogP contribution in [0.25, 0.3) is 0 Å². The molecule has 1 heterocycles. The number of carboxylic acid groups (broad SMARTS) is 1. The first kappa shape index (κ1) is 16.0. The lowest BCUT2D eigenvalue weighted by Gasteiger charge is -2.38. The molecule has 1 aliphatic heterocycles. The summed E-state index contributed by atoms with van der Waals surface area (Å²) >= 11 is 0. The van der Waals surface area contributed by atoms with Gasteiger partial charge in [-0.3, -0.25) is 9.59 Å². The zero-order chi connectivity index (χ0) is 15.1. The van der Waals surface area contributed by atoms with E-state index in [2.05, 4.69) is 19.2 Å². The number of nitrogens with zero attached hydrogens (tertiary/aromatic N) is 2. The van der Waals surface area contributed by atoms with Crippen LogP contribution in [-0.4, -0.2) is 40.5 Å². The summed E-state index contributed by atoms with van der Waals surface area (Å²) in [6.07, 6.45) is 4.69. The maximum absolute atomic E-state index is 11.8. The topological polar surface area (TPSA) is 93.4 Å². The lowest BCUT2D eigenvalue weighted by atomic mass is 9.98. The third-order valence-electron chi connectivity index (χ3n) is 3.53. The summed E-state index contributed by atoms with van der Waals surface area (Å²) in [5, 5.41) is 20.0. The molecule has 1 aliphatic rings. The molecule has 0 aromatic rings. The van der Waals surface area contributed by atoms with Crippen molar-refractivity contribution in [2.75, 3.05) is 6.54 Å². The molecule has 0 radical (unpaired) electrons. The molecule has 0 aliphatic carbocycles. The van der Waals surface area contributed by atoms with Crippen LogP contribution in [0.1, 0.15) is 39.5 Å². The molecule has 2 N–H and O–H groups in total. The Labute approximate surface area is 119 Å². The molecule has 2 unspecified atom stereocenters. The van der Waals surface area contributed by atoms with Crippen LogP contribution in [0.3, 0.4) is 0 Å². The van der Waals surface area contributed by atoms with Gasteiger partial charge in [-0.05, 0) is 33.1 Å². The SMILES string of the molecule is CC1CCCC(C)N1/C=C(/C#N)C(=O)NCCC(=O)O. The molecule has 2 atom stereocenters. The number of rotatable bonds is 5. The van der Waals surface area contributed by atoms with Gasteiger partial charge in [-0.15, -0.1) is 0 Å². The third kappa shape index (κ3) is 4.57. The first-order valence-electron chi connectivity index (χ1n) is 6.85. The van der Waals surface area contributed by atoms with E-state index >= 15 is 0 Å². The fraction of sp³-hybridized carbons (Fsp3) is 0.643. The van der Waals surface area contributed by atoms with Crippen LogP contribution >= 0.6 is 0 Å². The summed E-state index contributed by atoms with van der Waals surface area (Å²) in [5.41, 5.74) is 0.0241. The van der Waals surface area contributed by atoms with Crippen LogP contribution in [0.2, 0.25) is 0 Å². The maximum atomic E-state index is 11.8. The molecule has 1 fully saturated rings. The summed E-state index contributed by atoms with van der Waals surface area (Å²) in [6, 6.07) is 2.49. The van der Waals surface area contributed by atoms with Gasteiger partial charge in [0.15, 0.2) is 0 Å². The van der Waals surface area contributed by atoms with Gasteiger partial charge in [-0.25, -0.2) is 0 Å². The Hall–Kier alpha value is -2.03. The second-order valence-corrected chi connectivity index (χ2v) is 5.13. The fourth-order valence-electron chi connectivity index (χ4n) is 2.36. The Bertz CT molecular complexity index is 429. The minimum absolute atomic E-state index is 0.0241. The Morgan fingerprint density at radius 3 is 2.50 bits per heavy atom. The summed E-state index contributed by atoms with van der Waals surface area (Å²) in [6.45, 7) is 4.17. The van der Waals surface area contributed by atoms with Crippen molar-refractivity contribution < 1.29 is 14.7 Å². The number of amides is 1. The van der Waals surface area contributed by atoms with Crippen LogP contribution in [0, 0.1) is 11.3 Å². The van der Waals surface area contributed by atoms with Crippen molar-refractivity contribution in [1.82, 2.24) is 10.2 Å². The van der Waals surface area contributed by atoms with Crippen molar-refractivity contribution in [2.24, 2.45) is 0 Å². The monoisotopic (exact) mass is 279 g/mol. The number of hydrogen-bond donors (Lipinski definition) is 2. The van der Waals surface area contributed by atoms with Crippen molar-refractivity contribution in [2.45, 2.75) is 51.6 Å². The number of likely N-dealkylation sites (tertiary alicyclic amines) is 1. The highest BCUT2D eigenvalue weighted by molar-refractivity contribution is 5.97. The number of nitrogens with one attached hydrogen (secondary N) is 1. The number of hydrogen-bond acceptors (Lipinski definition) is 4. The molecule has 1 saturated heterocycles. The molecule has 0 aromatic carbocycles. The van der Waals surface area contributed by atoms with E-state index in [9.17, 15) is 9.59 Å². The number of carbonyl (C=O) groups excluding carboxylic acids is 1. The maximum Gasteiger partial charge on any atom is 0.305 e. The van der Waals surface area contributed by atoms with Crippen molar-refractivity contribution >= 4 is 11.9 Å². The lowest BCUT2D eigenvalue weighted by Crippen LogP contribution is -2.40. The molecule has 0 bridgehead atoms.